The molecule has 0 fully saturated rings. The highest BCUT2D eigenvalue weighted by Crippen LogP contribution is 2.22. The monoisotopic (exact) mass is 270 g/mol. The van der Waals surface area contributed by atoms with E-state index in [2.05, 4.69) is 0 Å². The van der Waals surface area contributed by atoms with Crippen molar-refractivity contribution in [2.24, 2.45) is 0 Å². The van der Waals surface area contributed by atoms with E-state index >= 15 is 0 Å². The normalized spacial score (nSPS) is 10.7. The SMILES string of the molecule is CCc1ccc(C(=O)c2cc(F)c(Cl)cc2F)o1. The van der Waals surface area contributed by atoms with Gasteiger partial charge in [0.15, 0.2) is 5.76 Å². The fraction of sp³-hybridized carbons (Fsp3) is 0.154. The number of carbonyl (C=O) groups is 1. The van der Waals surface area contributed by atoms with Crippen molar-refractivity contribution in [1.82, 2.24) is 0 Å². The lowest BCUT2D eigenvalue weighted by molar-refractivity contribution is 0.100. The molecule has 0 radical (unpaired) electrons. The summed E-state index contributed by atoms with van der Waals surface area (Å²) < 4.78 is 32.0. The van der Waals surface area contributed by atoms with Crippen LogP contribution in [-0.2, 0) is 6.42 Å². The number of hydrogen-bond donors (Lipinski definition) is 0. The maximum Gasteiger partial charge on any atom is 0.231 e. The molecule has 5 heteroatoms. The molecule has 0 aliphatic heterocycles. The van der Waals surface area contributed by atoms with Gasteiger partial charge in [-0.2, -0.15) is 0 Å². The number of hydrogen-bond acceptors (Lipinski definition) is 2. The van der Waals surface area contributed by atoms with Gasteiger partial charge < -0.3 is 4.42 Å². The summed E-state index contributed by atoms with van der Waals surface area (Å²) in [4.78, 5) is 11.9. The molecule has 0 aliphatic carbocycles. The third kappa shape index (κ3) is 2.29. The Labute approximate surface area is 107 Å². The molecule has 1 heterocycles. The van der Waals surface area contributed by atoms with Gasteiger partial charge in [0.25, 0.3) is 0 Å². The summed E-state index contributed by atoms with van der Waals surface area (Å²) in [5, 5.41) is -0.363. The second kappa shape index (κ2) is 4.90. The fourth-order valence-electron chi connectivity index (χ4n) is 1.52. The molecule has 0 aliphatic rings. The zero-order valence-electron chi connectivity index (χ0n) is 9.47. The van der Waals surface area contributed by atoms with Crippen LogP contribution in [0.15, 0.2) is 28.7 Å². The van der Waals surface area contributed by atoms with Crippen LogP contribution >= 0.6 is 11.6 Å². The van der Waals surface area contributed by atoms with Crippen molar-refractivity contribution in [1.29, 1.82) is 0 Å². The summed E-state index contributed by atoms with van der Waals surface area (Å²) in [7, 11) is 0. The standard InChI is InChI=1S/C13H9ClF2O2/c1-2-7-3-4-12(18-7)13(17)8-5-11(16)9(14)6-10(8)15/h3-6H,2H2,1H3. The van der Waals surface area contributed by atoms with Crippen LogP contribution in [0.25, 0.3) is 0 Å². The van der Waals surface area contributed by atoms with Crippen molar-refractivity contribution < 1.29 is 18.0 Å². The van der Waals surface area contributed by atoms with Gasteiger partial charge in [-0.1, -0.05) is 18.5 Å². The van der Waals surface area contributed by atoms with Crippen LogP contribution in [0.2, 0.25) is 5.02 Å². The summed E-state index contributed by atoms with van der Waals surface area (Å²) in [5.74, 6) is -1.84. The van der Waals surface area contributed by atoms with Crippen molar-refractivity contribution in [2.75, 3.05) is 0 Å². The van der Waals surface area contributed by atoms with Crippen LogP contribution in [0.4, 0.5) is 8.78 Å². The Morgan fingerprint density at radius 2 is 2.00 bits per heavy atom. The van der Waals surface area contributed by atoms with Crippen LogP contribution < -0.4 is 0 Å². The number of rotatable bonds is 3. The molecule has 94 valence electrons. The molecule has 1 aromatic heterocycles. The number of halogens is 3. The van der Waals surface area contributed by atoms with Crippen LogP contribution in [0.1, 0.15) is 28.8 Å². The van der Waals surface area contributed by atoms with E-state index in [0.717, 1.165) is 12.1 Å². The summed E-state index contributed by atoms with van der Waals surface area (Å²) in [6.45, 7) is 1.86. The predicted molar refractivity (Wildman–Crippen MR) is 62.9 cm³/mol. The third-order valence-electron chi connectivity index (χ3n) is 2.49. The minimum Gasteiger partial charge on any atom is -0.458 e. The molecule has 0 atom stereocenters. The van der Waals surface area contributed by atoms with Crippen molar-refractivity contribution in [3.05, 3.63) is 58.0 Å². The first-order valence-corrected chi connectivity index (χ1v) is 5.68. The van der Waals surface area contributed by atoms with E-state index in [1.54, 1.807) is 6.07 Å². The Morgan fingerprint density at radius 1 is 1.28 bits per heavy atom. The third-order valence-corrected chi connectivity index (χ3v) is 2.78. The van der Waals surface area contributed by atoms with Crippen molar-refractivity contribution in [3.8, 4) is 0 Å². The van der Waals surface area contributed by atoms with Gasteiger partial charge in [0.2, 0.25) is 5.78 Å². The van der Waals surface area contributed by atoms with Gasteiger partial charge in [-0.15, -0.1) is 0 Å². The van der Waals surface area contributed by atoms with Crippen molar-refractivity contribution >= 4 is 17.4 Å². The van der Waals surface area contributed by atoms with Crippen molar-refractivity contribution in [3.63, 3.8) is 0 Å². The second-order valence-electron chi connectivity index (χ2n) is 3.69. The summed E-state index contributed by atoms with van der Waals surface area (Å²) in [6, 6.07) is 4.60. The van der Waals surface area contributed by atoms with Crippen LogP contribution in [0.3, 0.4) is 0 Å². The van der Waals surface area contributed by atoms with Crippen molar-refractivity contribution in [2.45, 2.75) is 13.3 Å². The van der Waals surface area contributed by atoms with Gasteiger partial charge in [0.05, 0.1) is 10.6 Å². The fourth-order valence-corrected chi connectivity index (χ4v) is 1.67. The number of aryl methyl sites for hydroxylation is 1. The van der Waals surface area contributed by atoms with Gasteiger partial charge in [-0.25, -0.2) is 8.78 Å². The number of furan rings is 1. The average Bonchev–Trinajstić information content (AvgIpc) is 2.81. The maximum atomic E-state index is 13.5. The molecule has 0 saturated heterocycles. The molecule has 0 spiro atoms. The first kappa shape index (κ1) is 12.8. The van der Waals surface area contributed by atoms with Gasteiger partial charge in [-0.05, 0) is 24.3 Å². The Hall–Kier alpha value is -1.68. The summed E-state index contributed by atoms with van der Waals surface area (Å²) >= 11 is 5.41. The van der Waals surface area contributed by atoms with E-state index in [0.29, 0.717) is 12.2 Å². The predicted octanol–water partition coefficient (Wildman–Crippen LogP) is 4.00. The molecule has 1 aromatic carbocycles. The molecule has 0 N–H and O–H groups in total. The van der Waals surface area contributed by atoms with E-state index in [-0.39, 0.29) is 10.8 Å². The highest BCUT2D eigenvalue weighted by Gasteiger charge is 2.19. The topological polar surface area (TPSA) is 30.2 Å². The van der Waals surface area contributed by atoms with E-state index in [1.807, 2.05) is 6.92 Å². The second-order valence-corrected chi connectivity index (χ2v) is 4.10. The highest BCUT2D eigenvalue weighted by molar-refractivity contribution is 6.30. The molecule has 0 amide bonds. The smallest absolute Gasteiger partial charge is 0.231 e. The van der Waals surface area contributed by atoms with E-state index in [9.17, 15) is 13.6 Å². The lowest BCUT2D eigenvalue weighted by atomic mass is 10.1. The van der Waals surface area contributed by atoms with Crippen LogP contribution in [0, 0.1) is 11.6 Å². The first-order chi connectivity index (χ1) is 8.52. The molecule has 2 rings (SSSR count). The Balaban J connectivity index is 2.42. The molecule has 0 saturated carbocycles. The highest BCUT2D eigenvalue weighted by atomic mass is 35.5. The number of carbonyl (C=O) groups excluding carboxylic acids is 1. The lowest BCUT2D eigenvalue weighted by Crippen LogP contribution is -2.04. The Bertz CT molecular complexity index is 605. The molecule has 2 nitrogen and oxygen atoms in total. The van der Waals surface area contributed by atoms with Crippen LogP contribution in [-0.4, -0.2) is 5.78 Å². The first-order valence-electron chi connectivity index (χ1n) is 5.31. The van der Waals surface area contributed by atoms with Crippen LogP contribution in [0.5, 0.6) is 0 Å². The van der Waals surface area contributed by atoms with Gasteiger partial charge in [0, 0.05) is 6.42 Å². The quantitative estimate of drug-likeness (QED) is 0.623. The van der Waals surface area contributed by atoms with Gasteiger partial charge >= 0.3 is 0 Å². The van der Waals surface area contributed by atoms with Gasteiger partial charge in [-0.3, -0.25) is 4.79 Å². The minimum absolute atomic E-state index is 0.0209. The number of ketones is 1. The largest absolute Gasteiger partial charge is 0.458 e. The number of benzene rings is 1. The molecule has 18 heavy (non-hydrogen) atoms. The lowest BCUT2D eigenvalue weighted by Gasteiger charge is -2.02. The van der Waals surface area contributed by atoms with E-state index in [1.165, 1.54) is 6.07 Å². The zero-order valence-corrected chi connectivity index (χ0v) is 10.2. The minimum atomic E-state index is -0.874. The molecule has 2 aromatic rings. The van der Waals surface area contributed by atoms with E-state index < -0.39 is 23.0 Å². The van der Waals surface area contributed by atoms with E-state index in [4.69, 9.17) is 16.0 Å². The summed E-state index contributed by atoms with van der Waals surface area (Å²) in [5.41, 5.74) is -0.395. The molecular weight excluding hydrogens is 262 g/mol. The molecule has 0 bridgehead atoms. The molecule has 0 unspecified atom stereocenters. The van der Waals surface area contributed by atoms with Gasteiger partial charge in [0.1, 0.15) is 17.4 Å². The Kier molecular flexibility index (Phi) is 3.48. The maximum absolute atomic E-state index is 13.5. The molecular formula is C13H9ClF2O2. The zero-order chi connectivity index (χ0) is 13.3. The Morgan fingerprint density at radius 3 is 2.61 bits per heavy atom. The summed E-state index contributed by atoms with van der Waals surface area (Å²) in [6.07, 6.45) is 0.616. The average molecular weight is 271 g/mol.